The number of anilines is 2. The second-order valence-corrected chi connectivity index (χ2v) is 5.75. The number of nitrogens with one attached hydrogen (secondary N) is 1. The monoisotopic (exact) mass is 328 g/mol. The molecule has 2 aromatic carbocycles. The minimum absolute atomic E-state index is 0.150. The first-order valence-corrected chi connectivity index (χ1v) is 7.72. The summed E-state index contributed by atoms with van der Waals surface area (Å²) in [6, 6.07) is 9.24. The van der Waals surface area contributed by atoms with Gasteiger partial charge in [0.1, 0.15) is 11.4 Å². The normalized spacial score (nSPS) is 11.8. The average Bonchev–Trinajstić information content (AvgIpc) is 2.55. The van der Waals surface area contributed by atoms with E-state index in [1.165, 1.54) is 25.1 Å². The third-order valence-corrected chi connectivity index (χ3v) is 4.05. The fourth-order valence-electron chi connectivity index (χ4n) is 2.44. The highest BCUT2D eigenvalue weighted by Gasteiger charge is 2.18. The van der Waals surface area contributed by atoms with Gasteiger partial charge in [0, 0.05) is 17.3 Å². The molecule has 6 heteroatoms. The first-order valence-electron chi connectivity index (χ1n) is 7.72. The Kier molecular flexibility index (Phi) is 5.18. The Morgan fingerprint density at radius 1 is 1.25 bits per heavy atom. The predicted octanol–water partition coefficient (Wildman–Crippen LogP) is 4.76. The number of benzene rings is 2. The number of carbonyl (C=O) groups excluding carboxylic acids is 1. The summed E-state index contributed by atoms with van der Waals surface area (Å²) in [4.78, 5) is 22.3. The molecule has 1 atom stereocenters. The second kappa shape index (κ2) is 7.12. The predicted molar refractivity (Wildman–Crippen MR) is 93.2 cm³/mol. The summed E-state index contributed by atoms with van der Waals surface area (Å²) in [7, 11) is 0. The van der Waals surface area contributed by atoms with Crippen molar-refractivity contribution in [2.45, 2.75) is 33.1 Å². The molecule has 0 aliphatic carbocycles. The van der Waals surface area contributed by atoms with Crippen molar-refractivity contribution in [2.75, 3.05) is 5.32 Å². The van der Waals surface area contributed by atoms with Crippen LogP contribution in [0.5, 0.6) is 5.75 Å². The number of aromatic hydroxyl groups is 1. The van der Waals surface area contributed by atoms with Gasteiger partial charge in [0.15, 0.2) is 5.78 Å². The standard InChI is InChI=1S/C18H20N2O4/c1-4-11(2)15-10-14(22)6-8-16(15)19-17-7-5-13(12(3)21)9-18(17)20(23)24/h5-11,19,22H,4H2,1-3H3. The average molecular weight is 328 g/mol. The lowest BCUT2D eigenvalue weighted by atomic mass is 9.96. The van der Waals surface area contributed by atoms with Gasteiger partial charge >= 0.3 is 0 Å². The van der Waals surface area contributed by atoms with E-state index in [4.69, 9.17) is 0 Å². The largest absolute Gasteiger partial charge is 0.508 e. The van der Waals surface area contributed by atoms with E-state index in [1.54, 1.807) is 18.2 Å². The van der Waals surface area contributed by atoms with Crippen molar-refractivity contribution in [2.24, 2.45) is 0 Å². The molecule has 6 nitrogen and oxygen atoms in total. The Labute approximate surface area is 140 Å². The van der Waals surface area contributed by atoms with Crippen molar-refractivity contribution < 1.29 is 14.8 Å². The van der Waals surface area contributed by atoms with E-state index in [1.807, 2.05) is 13.8 Å². The number of hydrogen-bond donors (Lipinski definition) is 2. The molecule has 0 aliphatic rings. The number of phenols is 1. The maximum absolute atomic E-state index is 11.4. The van der Waals surface area contributed by atoms with E-state index in [9.17, 15) is 20.0 Å². The van der Waals surface area contributed by atoms with Crippen molar-refractivity contribution in [3.63, 3.8) is 0 Å². The van der Waals surface area contributed by atoms with Crippen molar-refractivity contribution in [3.05, 3.63) is 57.6 Å². The molecule has 24 heavy (non-hydrogen) atoms. The van der Waals surface area contributed by atoms with Crippen LogP contribution in [0.2, 0.25) is 0 Å². The number of Topliss-reactive ketones (excluding diaryl/α,β-unsaturated/α-hetero) is 1. The van der Waals surface area contributed by atoms with Crippen LogP contribution in [0.15, 0.2) is 36.4 Å². The maximum Gasteiger partial charge on any atom is 0.293 e. The Bertz CT molecular complexity index is 787. The van der Waals surface area contributed by atoms with Gasteiger partial charge in [-0.05, 0) is 55.2 Å². The molecule has 1 unspecified atom stereocenters. The van der Waals surface area contributed by atoms with E-state index in [0.29, 0.717) is 16.9 Å². The second-order valence-electron chi connectivity index (χ2n) is 5.75. The number of nitrogens with zero attached hydrogens (tertiary/aromatic N) is 1. The van der Waals surface area contributed by atoms with Crippen molar-refractivity contribution in [3.8, 4) is 5.75 Å². The summed E-state index contributed by atoms with van der Waals surface area (Å²) < 4.78 is 0. The molecule has 0 radical (unpaired) electrons. The van der Waals surface area contributed by atoms with E-state index < -0.39 is 4.92 Å². The number of nitro groups is 1. The molecule has 0 heterocycles. The van der Waals surface area contributed by atoms with Gasteiger partial charge in [-0.3, -0.25) is 14.9 Å². The van der Waals surface area contributed by atoms with Crippen LogP contribution in [0.4, 0.5) is 17.1 Å². The Hall–Kier alpha value is -2.89. The lowest BCUT2D eigenvalue weighted by Gasteiger charge is -2.17. The minimum atomic E-state index is -0.516. The Morgan fingerprint density at radius 3 is 2.50 bits per heavy atom. The Morgan fingerprint density at radius 2 is 1.92 bits per heavy atom. The lowest BCUT2D eigenvalue weighted by Crippen LogP contribution is -2.03. The van der Waals surface area contributed by atoms with Crippen molar-refractivity contribution >= 4 is 22.8 Å². The fourth-order valence-corrected chi connectivity index (χ4v) is 2.44. The van der Waals surface area contributed by atoms with Gasteiger partial charge in [-0.25, -0.2) is 0 Å². The van der Waals surface area contributed by atoms with Crippen LogP contribution < -0.4 is 5.32 Å². The Balaban J connectivity index is 2.48. The van der Waals surface area contributed by atoms with Crippen LogP contribution in [0.1, 0.15) is 49.0 Å². The van der Waals surface area contributed by atoms with Crippen LogP contribution in [0.3, 0.4) is 0 Å². The molecule has 2 aromatic rings. The van der Waals surface area contributed by atoms with Crippen LogP contribution in [0.25, 0.3) is 0 Å². The minimum Gasteiger partial charge on any atom is -0.508 e. The highest BCUT2D eigenvalue weighted by atomic mass is 16.6. The number of carbonyl (C=O) groups is 1. The van der Waals surface area contributed by atoms with Gasteiger partial charge < -0.3 is 10.4 Å². The van der Waals surface area contributed by atoms with Crippen LogP contribution in [-0.4, -0.2) is 15.8 Å². The number of phenolic OH excluding ortho intramolecular Hbond substituents is 1. The smallest absolute Gasteiger partial charge is 0.293 e. The van der Waals surface area contributed by atoms with Gasteiger partial charge in [-0.1, -0.05) is 13.8 Å². The number of hydrogen-bond acceptors (Lipinski definition) is 5. The number of nitro benzene ring substituents is 1. The molecule has 2 rings (SSSR count). The van der Waals surface area contributed by atoms with E-state index in [0.717, 1.165) is 12.0 Å². The molecule has 0 aliphatic heterocycles. The molecule has 2 N–H and O–H groups in total. The summed E-state index contributed by atoms with van der Waals surface area (Å²) in [5.41, 5.74) is 2.01. The van der Waals surface area contributed by atoms with Gasteiger partial charge in [-0.15, -0.1) is 0 Å². The molecular formula is C18H20N2O4. The van der Waals surface area contributed by atoms with Gasteiger partial charge in [-0.2, -0.15) is 0 Å². The highest BCUT2D eigenvalue weighted by molar-refractivity contribution is 5.95. The van der Waals surface area contributed by atoms with E-state index >= 15 is 0 Å². The molecule has 126 valence electrons. The summed E-state index contributed by atoms with van der Waals surface area (Å²) in [6.45, 7) is 5.42. The number of rotatable bonds is 6. The molecule has 0 bridgehead atoms. The molecular weight excluding hydrogens is 308 g/mol. The molecule has 0 amide bonds. The van der Waals surface area contributed by atoms with E-state index in [-0.39, 0.29) is 23.1 Å². The molecule has 0 spiro atoms. The van der Waals surface area contributed by atoms with Crippen LogP contribution >= 0.6 is 0 Å². The zero-order chi connectivity index (χ0) is 17.9. The maximum atomic E-state index is 11.4. The lowest BCUT2D eigenvalue weighted by molar-refractivity contribution is -0.383. The summed E-state index contributed by atoms with van der Waals surface area (Å²) >= 11 is 0. The summed E-state index contributed by atoms with van der Waals surface area (Å²) in [6.07, 6.45) is 0.865. The van der Waals surface area contributed by atoms with E-state index in [2.05, 4.69) is 5.32 Å². The summed E-state index contributed by atoms with van der Waals surface area (Å²) in [5.74, 6) is 0.0991. The van der Waals surface area contributed by atoms with Gasteiger partial charge in [0.2, 0.25) is 0 Å². The van der Waals surface area contributed by atoms with Crippen LogP contribution in [0, 0.1) is 10.1 Å². The third-order valence-electron chi connectivity index (χ3n) is 4.05. The fraction of sp³-hybridized carbons (Fsp3) is 0.278. The SMILES string of the molecule is CCC(C)c1cc(O)ccc1Nc1ccc(C(C)=O)cc1[N+](=O)[O-]. The van der Waals surface area contributed by atoms with Crippen LogP contribution in [-0.2, 0) is 0 Å². The van der Waals surface area contributed by atoms with Crippen molar-refractivity contribution in [1.82, 2.24) is 0 Å². The molecule has 0 aromatic heterocycles. The highest BCUT2D eigenvalue weighted by Crippen LogP contribution is 2.35. The zero-order valence-corrected chi connectivity index (χ0v) is 13.9. The third kappa shape index (κ3) is 3.71. The summed E-state index contributed by atoms with van der Waals surface area (Å²) in [5, 5.41) is 24.1. The molecule has 0 saturated heterocycles. The first-order chi connectivity index (χ1) is 11.3. The number of ketones is 1. The quantitative estimate of drug-likeness (QED) is 0.345. The van der Waals surface area contributed by atoms with Crippen molar-refractivity contribution in [1.29, 1.82) is 0 Å². The first kappa shape index (κ1) is 17.5. The molecule has 0 fully saturated rings. The zero-order valence-electron chi connectivity index (χ0n) is 13.9. The van der Waals surface area contributed by atoms with Gasteiger partial charge in [0.25, 0.3) is 5.69 Å². The van der Waals surface area contributed by atoms with Gasteiger partial charge in [0.05, 0.1) is 4.92 Å². The molecule has 0 saturated carbocycles. The topological polar surface area (TPSA) is 92.5 Å².